The first-order valence-electron chi connectivity index (χ1n) is 8.06. The van der Waals surface area contributed by atoms with Gasteiger partial charge >= 0.3 is 7.12 Å². The molecule has 5 nitrogen and oxygen atoms in total. The van der Waals surface area contributed by atoms with E-state index >= 15 is 0 Å². The van der Waals surface area contributed by atoms with E-state index in [2.05, 4.69) is 11.4 Å². The zero-order valence-corrected chi connectivity index (χ0v) is 15.9. The molecule has 2 rings (SSSR count). The summed E-state index contributed by atoms with van der Waals surface area (Å²) in [4.78, 5) is 11.4. The standard InChI is InChI=1S/C18H22BClN2O3/c1-12(23)22-11-15(19-24-17(2,3)18(4,5)25-19)8-14-9-16(20)7-6-13(14)10-21/h6-9H,11H2,1-5H3,(H,22,23). The summed E-state index contributed by atoms with van der Waals surface area (Å²) >= 11 is 6.06. The maximum atomic E-state index is 11.4. The summed E-state index contributed by atoms with van der Waals surface area (Å²) in [6.07, 6.45) is 1.79. The third-order valence-electron chi connectivity index (χ3n) is 4.57. The van der Waals surface area contributed by atoms with Gasteiger partial charge in [-0.3, -0.25) is 4.79 Å². The Balaban J connectivity index is 2.42. The fourth-order valence-corrected chi connectivity index (χ4v) is 2.56. The highest BCUT2D eigenvalue weighted by atomic mass is 35.5. The molecule has 1 N–H and O–H groups in total. The van der Waals surface area contributed by atoms with Crippen LogP contribution in [-0.2, 0) is 14.1 Å². The van der Waals surface area contributed by atoms with Crippen molar-refractivity contribution in [1.82, 2.24) is 5.32 Å². The molecule has 1 amide bonds. The van der Waals surface area contributed by atoms with Crippen LogP contribution in [-0.4, -0.2) is 30.8 Å². The van der Waals surface area contributed by atoms with Crippen molar-refractivity contribution in [3.8, 4) is 6.07 Å². The highest BCUT2D eigenvalue weighted by molar-refractivity contribution is 6.56. The Morgan fingerprint density at radius 3 is 2.44 bits per heavy atom. The molecule has 0 unspecified atom stereocenters. The molecule has 0 atom stereocenters. The number of benzene rings is 1. The molecule has 0 saturated carbocycles. The molecule has 132 valence electrons. The fraction of sp³-hybridized carbons (Fsp3) is 0.444. The van der Waals surface area contributed by atoms with E-state index in [1.807, 2.05) is 27.7 Å². The monoisotopic (exact) mass is 360 g/mol. The van der Waals surface area contributed by atoms with Crippen molar-refractivity contribution < 1.29 is 14.1 Å². The highest BCUT2D eigenvalue weighted by Gasteiger charge is 2.52. The van der Waals surface area contributed by atoms with E-state index in [0.29, 0.717) is 21.6 Å². The van der Waals surface area contributed by atoms with E-state index in [0.717, 1.165) is 0 Å². The molecule has 1 aliphatic rings. The number of amides is 1. The number of hydrogen-bond acceptors (Lipinski definition) is 4. The highest BCUT2D eigenvalue weighted by Crippen LogP contribution is 2.38. The van der Waals surface area contributed by atoms with Gasteiger partial charge in [-0.15, -0.1) is 0 Å². The SMILES string of the molecule is CC(=O)NCC(=Cc1cc(Cl)ccc1C#N)B1OC(C)(C)C(C)(C)O1. The number of halogens is 1. The van der Waals surface area contributed by atoms with Crippen LogP contribution in [0, 0.1) is 11.3 Å². The Morgan fingerprint density at radius 2 is 1.92 bits per heavy atom. The van der Waals surface area contributed by atoms with Gasteiger partial charge in [-0.25, -0.2) is 0 Å². The largest absolute Gasteiger partial charge is 0.492 e. The molecule has 0 aliphatic carbocycles. The molecular weight excluding hydrogens is 338 g/mol. The van der Waals surface area contributed by atoms with Crippen LogP contribution in [0.5, 0.6) is 0 Å². The first-order chi connectivity index (χ1) is 11.6. The van der Waals surface area contributed by atoms with Crippen molar-refractivity contribution in [1.29, 1.82) is 5.26 Å². The molecule has 0 radical (unpaired) electrons. The first-order valence-corrected chi connectivity index (χ1v) is 8.44. The average Bonchev–Trinajstić information content (AvgIpc) is 2.71. The molecule has 0 aromatic heterocycles. The summed E-state index contributed by atoms with van der Waals surface area (Å²) in [5, 5.41) is 12.6. The predicted molar refractivity (Wildman–Crippen MR) is 98.9 cm³/mol. The van der Waals surface area contributed by atoms with Crippen molar-refractivity contribution in [2.75, 3.05) is 6.54 Å². The smallest absolute Gasteiger partial charge is 0.400 e. The molecular formula is C18H22BClN2O3. The van der Waals surface area contributed by atoms with Crippen LogP contribution in [0.2, 0.25) is 5.02 Å². The van der Waals surface area contributed by atoms with Crippen molar-refractivity contribution >= 4 is 30.7 Å². The van der Waals surface area contributed by atoms with E-state index in [9.17, 15) is 10.1 Å². The van der Waals surface area contributed by atoms with Crippen molar-refractivity contribution in [3.63, 3.8) is 0 Å². The van der Waals surface area contributed by atoms with Crippen molar-refractivity contribution in [2.24, 2.45) is 0 Å². The molecule has 1 aliphatic heterocycles. The van der Waals surface area contributed by atoms with Crippen LogP contribution in [0.15, 0.2) is 23.7 Å². The van der Waals surface area contributed by atoms with Gasteiger partial charge in [-0.2, -0.15) is 5.26 Å². The summed E-state index contributed by atoms with van der Waals surface area (Å²) in [5.74, 6) is -0.158. The molecule has 1 aromatic carbocycles. The third-order valence-corrected chi connectivity index (χ3v) is 4.81. The Morgan fingerprint density at radius 1 is 1.32 bits per heavy atom. The predicted octanol–water partition coefficient (Wildman–Crippen LogP) is 3.36. The lowest BCUT2D eigenvalue weighted by atomic mass is 9.76. The van der Waals surface area contributed by atoms with Crippen LogP contribution in [0.1, 0.15) is 45.7 Å². The van der Waals surface area contributed by atoms with Crippen LogP contribution < -0.4 is 5.32 Å². The second-order valence-electron chi connectivity index (χ2n) is 7.06. The van der Waals surface area contributed by atoms with E-state index in [-0.39, 0.29) is 12.5 Å². The molecule has 1 saturated heterocycles. The number of rotatable bonds is 4. The van der Waals surface area contributed by atoms with E-state index in [1.54, 1.807) is 24.3 Å². The Bertz CT molecular complexity index is 737. The number of nitrogens with zero attached hydrogens (tertiary/aromatic N) is 1. The zero-order chi connectivity index (χ0) is 18.8. The van der Waals surface area contributed by atoms with Crippen LogP contribution >= 0.6 is 11.6 Å². The molecule has 1 heterocycles. The van der Waals surface area contributed by atoms with Gasteiger partial charge in [0, 0.05) is 18.5 Å². The number of carbonyl (C=O) groups excluding carboxylic acids is 1. The normalized spacial score (nSPS) is 18.8. The zero-order valence-electron chi connectivity index (χ0n) is 15.1. The summed E-state index contributed by atoms with van der Waals surface area (Å²) < 4.78 is 12.2. The van der Waals surface area contributed by atoms with Gasteiger partial charge in [0.25, 0.3) is 0 Å². The molecule has 0 bridgehead atoms. The lowest BCUT2D eigenvalue weighted by Gasteiger charge is -2.32. The Labute approximate surface area is 154 Å². The Kier molecular flexibility index (Phi) is 5.63. The molecule has 7 heteroatoms. The van der Waals surface area contributed by atoms with Gasteiger partial charge < -0.3 is 14.6 Å². The average molecular weight is 361 g/mol. The maximum Gasteiger partial charge on any atom is 0.492 e. The lowest BCUT2D eigenvalue weighted by Crippen LogP contribution is -2.41. The van der Waals surface area contributed by atoms with Gasteiger partial charge in [0.05, 0.1) is 22.8 Å². The minimum absolute atomic E-state index is 0.158. The second kappa shape index (κ2) is 7.21. The van der Waals surface area contributed by atoms with Crippen molar-refractivity contribution in [3.05, 3.63) is 39.8 Å². The maximum absolute atomic E-state index is 11.4. The van der Waals surface area contributed by atoms with E-state index in [4.69, 9.17) is 20.9 Å². The van der Waals surface area contributed by atoms with Crippen LogP contribution in [0.3, 0.4) is 0 Å². The number of hydrogen-bond donors (Lipinski definition) is 1. The van der Waals surface area contributed by atoms with Gasteiger partial charge in [0.15, 0.2) is 0 Å². The second-order valence-corrected chi connectivity index (χ2v) is 7.50. The minimum Gasteiger partial charge on any atom is -0.400 e. The van der Waals surface area contributed by atoms with Crippen molar-refractivity contribution in [2.45, 2.75) is 45.8 Å². The number of carbonyl (C=O) groups is 1. The molecule has 25 heavy (non-hydrogen) atoms. The summed E-state index contributed by atoms with van der Waals surface area (Å²) in [7, 11) is -0.623. The fourth-order valence-electron chi connectivity index (χ4n) is 2.38. The number of nitriles is 1. The number of nitrogens with one attached hydrogen (secondary N) is 1. The van der Waals surface area contributed by atoms with Crippen LogP contribution in [0.25, 0.3) is 6.08 Å². The first kappa shape index (κ1) is 19.5. The summed E-state index contributed by atoms with van der Waals surface area (Å²) in [6.45, 7) is 9.55. The Hall–Kier alpha value is -1.81. The van der Waals surface area contributed by atoms with Crippen LogP contribution in [0.4, 0.5) is 0 Å². The van der Waals surface area contributed by atoms with Gasteiger partial charge in [-0.05, 0) is 56.9 Å². The van der Waals surface area contributed by atoms with Gasteiger partial charge in [-0.1, -0.05) is 17.7 Å². The quantitative estimate of drug-likeness (QED) is 0.836. The topological polar surface area (TPSA) is 71.4 Å². The summed E-state index contributed by atoms with van der Waals surface area (Å²) in [6, 6.07) is 7.18. The van der Waals surface area contributed by atoms with Gasteiger partial charge in [0.2, 0.25) is 5.91 Å². The summed E-state index contributed by atoms with van der Waals surface area (Å²) in [5.41, 5.74) is 0.859. The van der Waals surface area contributed by atoms with E-state index in [1.165, 1.54) is 6.92 Å². The minimum atomic E-state index is -0.623. The molecule has 1 fully saturated rings. The molecule has 1 aromatic rings. The third kappa shape index (κ3) is 4.43. The van der Waals surface area contributed by atoms with Gasteiger partial charge in [0.1, 0.15) is 0 Å². The van der Waals surface area contributed by atoms with E-state index < -0.39 is 18.3 Å². The molecule has 0 spiro atoms. The lowest BCUT2D eigenvalue weighted by molar-refractivity contribution is -0.118.